The molecule has 0 spiro atoms. The van der Waals surface area contributed by atoms with E-state index in [1.54, 1.807) is 6.92 Å². The summed E-state index contributed by atoms with van der Waals surface area (Å²) in [5.41, 5.74) is 2.83. The van der Waals surface area contributed by atoms with E-state index in [9.17, 15) is 14.9 Å². The summed E-state index contributed by atoms with van der Waals surface area (Å²) in [6.07, 6.45) is 0. The smallest absolute Gasteiger partial charge is 0.348 e. The average Bonchev–Trinajstić information content (AvgIpc) is 2.87. The Morgan fingerprint density at radius 3 is 2.40 bits per heavy atom. The monoisotopic (exact) mass is 358 g/mol. The summed E-state index contributed by atoms with van der Waals surface area (Å²) < 4.78 is 10.2. The van der Waals surface area contributed by atoms with Crippen LogP contribution in [-0.4, -0.2) is 25.6 Å². The normalized spacial score (nSPS) is 10.0. The first-order chi connectivity index (χ1) is 11.8. The third-order valence-corrected chi connectivity index (χ3v) is 4.63. The summed E-state index contributed by atoms with van der Waals surface area (Å²) in [5.74, 6) is -0.343. The van der Waals surface area contributed by atoms with Crippen LogP contribution in [0.25, 0.3) is 0 Å². The van der Waals surface area contributed by atoms with Gasteiger partial charge in [-0.3, -0.25) is 4.79 Å². The largest absolute Gasteiger partial charge is 0.484 e. The zero-order valence-corrected chi connectivity index (χ0v) is 15.2. The van der Waals surface area contributed by atoms with Gasteiger partial charge in [0.25, 0.3) is 5.91 Å². The first-order valence-electron chi connectivity index (χ1n) is 7.48. The number of nitriles is 1. The highest BCUT2D eigenvalue weighted by molar-refractivity contribution is 7.18. The van der Waals surface area contributed by atoms with E-state index in [1.807, 2.05) is 38.1 Å². The summed E-state index contributed by atoms with van der Waals surface area (Å²) in [6.45, 7) is 5.34. The zero-order chi connectivity index (χ0) is 18.6. The fourth-order valence-electron chi connectivity index (χ4n) is 2.35. The second-order valence-corrected chi connectivity index (χ2v) is 6.54. The van der Waals surface area contributed by atoms with Crippen LogP contribution in [-0.2, 0) is 9.53 Å². The van der Waals surface area contributed by atoms with Crippen LogP contribution < -0.4 is 10.1 Å². The number of hydrogen-bond acceptors (Lipinski definition) is 6. The van der Waals surface area contributed by atoms with Crippen LogP contribution in [0, 0.1) is 32.1 Å². The fraction of sp³-hybridized carbons (Fsp3) is 0.278. The Balaban J connectivity index is 2.10. The quantitative estimate of drug-likeness (QED) is 0.828. The van der Waals surface area contributed by atoms with Crippen LogP contribution in [0.15, 0.2) is 18.2 Å². The molecule has 2 aromatic rings. The van der Waals surface area contributed by atoms with E-state index >= 15 is 0 Å². The van der Waals surface area contributed by atoms with Crippen molar-refractivity contribution in [3.8, 4) is 11.8 Å². The Kier molecular flexibility index (Phi) is 5.78. The Morgan fingerprint density at radius 2 is 1.84 bits per heavy atom. The molecule has 0 saturated carbocycles. The molecular weight excluding hydrogens is 340 g/mol. The maximum atomic E-state index is 12.1. The van der Waals surface area contributed by atoms with Crippen LogP contribution in [0.2, 0.25) is 0 Å². The minimum Gasteiger partial charge on any atom is -0.484 e. The molecule has 0 saturated heterocycles. The van der Waals surface area contributed by atoms with Crippen molar-refractivity contribution in [1.29, 1.82) is 5.26 Å². The molecule has 0 aliphatic carbocycles. The van der Waals surface area contributed by atoms with Gasteiger partial charge in [0.2, 0.25) is 0 Å². The van der Waals surface area contributed by atoms with Gasteiger partial charge in [-0.15, -0.1) is 11.3 Å². The predicted octanol–water partition coefficient (Wildman–Crippen LogP) is 3.35. The molecule has 25 heavy (non-hydrogen) atoms. The van der Waals surface area contributed by atoms with Gasteiger partial charge in [0.1, 0.15) is 21.7 Å². The highest BCUT2D eigenvalue weighted by Gasteiger charge is 2.21. The molecule has 1 N–H and O–H groups in total. The lowest BCUT2D eigenvalue weighted by Crippen LogP contribution is -2.20. The minimum atomic E-state index is -0.536. The van der Waals surface area contributed by atoms with Crippen molar-refractivity contribution in [2.24, 2.45) is 0 Å². The van der Waals surface area contributed by atoms with E-state index in [4.69, 9.17) is 4.74 Å². The number of methoxy groups -OCH3 is 1. The van der Waals surface area contributed by atoms with Crippen molar-refractivity contribution in [3.63, 3.8) is 0 Å². The number of nitrogens with one attached hydrogen (secondary N) is 1. The van der Waals surface area contributed by atoms with Gasteiger partial charge < -0.3 is 14.8 Å². The van der Waals surface area contributed by atoms with Gasteiger partial charge in [-0.2, -0.15) is 5.26 Å². The number of carbonyl (C=O) groups is 2. The van der Waals surface area contributed by atoms with Gasteiger partial charge >= 0.3 is 5.97 Å². The van der Waals surface area contributed by atoms with Crippen molar-refractivity contribution in [3.05, 3.63) is 45.3 Å². The summed E-state index contributed by atoms with van der Waals surface area (Å²) >= 11 is 1.01. The summed E-state index contributed by atoms with van der Waals surface area (Å²) in [7, 11) is 1.27. The molecule has 1 amide bonds. The first kappa shape index (κ1) is 18.5. The van der Waals surface area contributed by atoms with Crippen molar-refractivity contribution in [2.75, 3.05) is 19.0 Å². The number of aryl methyl sites for hydroxylation is 2. The predicted molar refractivity (Wildman–Crippen MR) is 95.2 cm³/mol. The van der Waals surface area contributed by atoms with Crippen molar-refractivity contribution < 1.29 is 19.1 Å². The zero-order valence-electron chi connectivity index (χ0n) is 14.4. The molecular formula is C18H18N2O4S. The van der Waals surface area contributed by atoms with Crippen LogP contribution in [0.3, 0.4) is 0 Å². The molecule has 1 aromatic carbocycles. The maximum Gasteiger partial charge on any atom is 0.348 e. The lowest BCUT2D eigenvalue weighted by Gasteiger charge is -2.08. The Labute approximate surface area is 150 Å². The number of amides is 1. The van der Waals surface area contributed by atoms with Crippen molar-refractivity contribution in [1.82, 2.24) is 0 Å². The standard InChI is InChI=1S/C18H18N2O4S/c1-10-5-11(2)7-13(6-10)24-9-15(21)20-17-14(8-19)12(3)16(25-17)18(22)23-4/h5-7H,9H2,1-4H3,(H,20,21). The molecule has 2 rings (SSSR count). The van der Waals surface area contributed by atoms with Gasteiger partial charge in [0.05, 0.1) is 12.7 Å². The third kappa shape index (κ3) is 4.37. The van der Waals surface area contributed by atoms with Crippen LogP contribution in [0.1, 0.15) is 31.9 Å². The topological polar surface area (TPSA) is 88.4 Å². The van der Waals surface area contributed by atoms with E-state index in [-0.39, 0.29) is 12.2 Å². The average molecular weight is 358 g/mol. The molecule has 0 aliphatic heterocycles. The Morgan fingerprint density at radius 1 is 1.20 bits per heavy atom. The van der Waals surface area contributed by atoms with E-state index < -0.39 is 11.9 Å². The number of anilines is 1. The number of carbonyl (C=O) groups excluding carboxylic acids is 2. The molecule has 0 atom stereocenters. The Bertz CT molecular complexity index is 844. The molecule has 7 heteroatoms. The molecule has 0 unspecified atom stereocenters. The van der Waals surface area contributed by atoms with Gasteiger partial charge in [0.15, 0.2) is 6.61 Å². The summed E-state index contributed by atoms with van der Waals surface area (Å²) in [5, 5.41) is 12.2. The minimum absolute atomic E-state index is 0.196. The number of esters is 1. The summed E-state index contributed by atoms with van der Waals surface area (Å²) in [6, 6.07) is 7.69. The molecule has 1 heterocycles. The lowest BCUT2D eigenvalue weighted by atomic mass is 10.1. The van der Waals surface area contributed by atoms with Crippen molar-refractivity contribution >= 4 is 28.2 Å². The van der Waals surface area contributed by atoms with E-state index in [2.05, 4.69) is 10.1 Å². The first-order valence-corrected chi connectivity index (χ1v) is 8.30. The van der Waals surface area contributed by atoms with E-state index in [1.165, 1.54) is 7.11 Å². The molecule has 130 valence electrons. The lowest BCUT2D eigenvalue weighted by molar-refractivity contribution is -0.118. The number of hydrogen-bond donors (Lipinski definition) is 1. The van der Waals surface area contributed by atoms with Gasteiger partial charge in [-0.1, -0.05) is 6.07 Å². The molecule has 0 fully saturated rings. The maximum absolute atomic E-state index is 12.1. The highest BCUT2D eigenvalue weighted by Crippen LogP contribution is 2.32. The van der Waals surface area contributed by atoms with Gasteiger partial charge in [0, 0.05) is 0 Å². The number of benzene rings is 1. The molecule has 0 bridgehead atoms. The number of ether oxygens (including phenoxy) is 2. The second-order valence-electron chi connectivity index (χ2n) is 5.52. The number of nitrogens with zero attached hydrogens (tertiary/aromatic N) is 1. The second kappa shape index (κ2) is 7.81. The van der Waals surface area contributed by atoms with Crippen molar-refractivity contribution in [2.45, 2.75) is 20.8 Å². The molecule has 0 aliphatic rings. The molecule has 0 radical (unpaired) electrons. The summed E-state index contributed by atoms with van der Waals surface area (Å²) in [4.78, 5) is 24.1. The van der Waals surface area contributed by atoms with E-state index in [0.29, 0.717) is 21.2 Å². The SMILES string of the molecule is COC(=O)c1sc(NC(=O)COc2cc(C)cc(C)c2)c(C#N)c1C. The van der Waals surface area contributed by atoms with Crippen LogP contribution in [0.5, 0.6) is 5.75 Å². The molecule has 1 aromatic heterocycles. The van der Waals surface area contributed by atoms with E-state index in [0.717, 1.165) is 22.5 Å². The van der Waals surface area contributed by atoms with Gasteiger partial charge in [-0.05, 0) is 49.6 Å². The van der Waals surface area contributed by atoms with Gasteiger partial charge in [-0.25, -0.2) is 4.79 Å². The third-order valence-electron chi connectivity index (χ3n) is 3.45. The number of rotatable bonds is 5. The number of thiophene rings is 1. The highest BCUT2D eigenvalue weighted by atomic mass is 32.1. The van der Waals surface area contributed by atoms with Crippen LogP contribution >= 0.6 is 11.3 Å². The Hall–Kier alpha value is -2.85. The molecule has 6 nitrogen and oxygen atoms in total. The van der Waals surface area contributed by atoms with Crippen LogP contribution in [0.4, 0.5) is 5.00 Å². The fourth-order valence-corrected chi connectivity index (χ4v) is 3.44.